The molecule has 0 fully saturated rings. The fourth-order valence-corrected chi connectivity index (χ4v) is 2.55. The van der Waals surface area contributed by atoms with Crippen molar-refractivity contribution in [2.45, 2.75) is 4.90 Å². The molecule has 0 aliphatic heterocycles. The first-order chi connectivity index (χ1) is 7.07. The Morgan fingerprint density at radius 1 is 1.13 bits per heavy atom. The van der Waals surface area contributed by atoms with Gasteiger partial charge in [0.05, 0.1) is 4.90 Å². The summed E-state index contributed by atoms with van der Waals surface area (Å²) >= 11 is 1.56. The van der Waals surface area contributed by atoms with Crippen LogP contribution >= 0.6 is 11.3 Å². The second kappa shape index (κ2) is 3.77. The van der Waals surface area contributed by atoms with E-state index in [9.17, 15) is 8.42 Å². The Labute approximate surface area is 92.2 Å². The van der Waals surface area contributed by atoms with Gasteiger partial charge in [-0.25, -0.2) is 13.6 Å². The minimum atomic E-state index is -3.61. The molecule has 0 saturated heterocycles. The third-order valence-electron chi connectivity index (χ3n) is 1.97. The third-order valence-corrected chi connectivity index (χ3v) is 3.80. The summed E-state index contributed by atoms with van der Waals surface area (Å²) in [7, 11) is -3.61. The summed E-state index contributed by atoms with van der Waals surface area (Å²) < 4.78 is 22.3. The second-order valence-electron chi connectivity index (χ2n) is 3.05. The Hall–Kier alpha value is -1.17. The van der Waals surface area contributed by atoms with E-state index in [4.69, 9.17) is 5.14 Å². The minimum absolute atomic E-state index is 0.147. The molecule has 78 valence electrons. The smallest absolute Gasteiger partial charge is 0.225 e. The van der Waals surface area contributed by atoms with Gasteiger partial charge in [-0.1, -0.05) is 18.2 Å². The molecule has 0 radical (unpaired) electrons. The predicted molar refractivity (Wildman–Crippen MR) is 61.1 cm³/mol. The van der Waals surface area contributed by atoms with Crippen LogP contribution in [0.15, 0.2) is 46.7 Å². The van der Waals surface area contributed by atoms with E-state index in [1.54, 1.807) is 23.5 Å². The summed E-state index contributed by atoms with van der Waals surface area (Å²) in [5, 5.41) is 7.00. The highest BCUT2D eigenvalue weighted by molar-refractivity contribution is 7.89. The second-order valence-corrected chi connectivity index (χ2v) is 5.56. The summed E-state index contributed by atoms with van der Waals surface area (Å²) in [6.45, 7) is 0. The maximum Gasteiger partial charge on any atom is 0.238 e. The molecular formula is C10H9NO2S2. The minimum Gasteiger partial charge on any atom is -0.225 e. The van der Waals surface area contributed by atoms with Crippen molar-refractivity contribution in [3.63, 3.8) is 0 Å². The number of benzene rings is 1. The van der Waals surface area contributed by atoms with Crippen molar-refractivity contribution in [1.82, 2.24) is 0 Å². The van der Waals surface area contributed by atoms with Crippen molar-refractivity contribution in [2.75, 3.05) is 0 Å². The van der Waals surface area contributed by atoms with E-state index < -0.39 is 10.0 Å². The quantitative estimate of drug-likeness (QED) is 0.872. The van der Waals surface area contributed by atoms with E-state index >= 15 is 0 Å². The van der Waals surface area contributed by atoms with Gasteiger partial charge < -0.3 is 0 Å². The van der Waals surface area contributed by atoms with Crippen LogP contribution < -0.4 is 5.14 Å². The highest BCUT2D eigenvalue weighted by atomic mass is 32.2. The summed E-state index contributed by atoms with van der Waals surface area (Å²) in [5.74, 6) is 0. The lowest BCUT2D eigenvalue weighted by Gasteiger charge is -2.01. The predicted octanol–water partition coefficient (Wildman–Crippen LogP) is 2.06. The van der Waals surface area contributed by atoms with Gasteiger partial charge in [-0.3, -0.25) is 0 Å². The number of hydrogen-bond acceptors (Lipinski definition) is 3. The molecule has 0 spiro atoms. The van der Waals surface area contributed by atoms with E-state index in [1.807, 2.05) is 23.6 Å². The van der Waals surface area contributed by atoms with E-state index in [0.29, 0.717) is 0 Å². The van der Waals surface area contributed by atoms with Gasteiger partial charge in [0, 0.05) is 4.88 Å². The molecule has 1 aromatic carbocycles. The summed E-state index contributed by atoms with van der Waals surface area (Å²) in [4.78, 5) is 1.17. The van der Waals surface area contributed by atoms with Crippen LogP contribution in [0.3, 0.4) is 0 Å². The first-order valence-electron chi connectivity index (χ1n) is 4.24. The molecule has 15 heavy (non-hydrogen) atoms. The van der Waals surface area contributed by atoms with Crippen molar-refractivity contribution >= 4 is 21.4 Å². The molecule has 5 heteroatoms. The lowest BCUT2D eigenvalue weighted by molar-refractivity contribution is 0.598. The molecule has 2 N–H and O–H groups in total. The van der Waals surface area contributed by atoms with Crippen LogP contribution in [0.1, 0.15) is 0 Å². The Balaban J connectivity index is 2.53. The SMILES string of the molecule is NS(=O)(=O)c1cccc(-c2cccs2)c1. The van der Waals surface area contributed by atoms with Crippen LogP contribution in [0.2, 0.25) is 0 Å². The molecule has 2 aromatic rings. The summed E-state index contributed by atoms with van der Waals surface area (Å²) in [6, 6.07) is 10.5. The van der Waals surface area contributed by atoms with Gasteiger partial charge >= 0.3 is 0 Å². The molecule has 0 aliphatic carbocycles. The lowest BCUT2D eigenvalue weighted by atomic mass is 10.2. The largest absolute Gasteiger partial charge is 0.238 e. The van der Waals surface area contributed by atoms with Crippen LogP contribution in [0.25, 0.3) is 10.4 Å². The zero-order chi connectivity index (χ0) is 10.9. The molecular weight excluding hydrogens is 230 g/mol. The number of hydrogen-bond donors (Lipinski definition) is 1. The molecule has 0 amide bonds. The molecule has 0 atom stereocenters. The van der Waals surface area contributed by atoms with Crippen molar-refractivity contribution in [2.24, 2.45) is 5.14 Å². The molecule has 0 aliphatic rings. The van der Waals surface area contributed by atoms with Crippen molar-refractivity contribution in [3.05, 3.63) is 41.8 Å². The molecule has 2 rings (SSSR count). The number of primary sulfonamides is 1. The van der Waals surface area contributed by atoms with E-state index in [1.165, 1.54) is 6.07 Å². The van der Waals surface area contributed by atoms with Gasteiger partial charge in [0.25, 0.3) is 0 Å². The zero-order valence-electron chi connectivity index (χ0n) is 7.75. The number of thiophene rings is 1. The van der Waals surface area contributed by atoms with Crippen LogP contribution in [-0.2, 0) is 10.0 Å². The maximum atomic E-state index is 11.1. The van der Waals surface area contributed by atoms with Crippen molar-refractivity contribution < 1.29 is 8.42 Å². The number of nitrogens with two attached hydrogens (primary N) is 1. The van der Waals surface area contributed by atoms with Gasteiger partial charge in [-0.05, 0) is 29.1 Å². The fraction of sp³-hybridized carbons (Fsp3) is 0. The van der Waals surface area contributed by atoms with Crippen molar-refractivity contribution in [1.29, 1.82) is 0 Å². The van der Waals surface area contributed by atoms with E-state index in [-0.39, 0.29) is 4.90 Å². The monoisotopic (exact) mass is 239 g/mol. The molecule has 3 nitrogen and oxygen atoms in total. The Bertz CT molecular complexity index is 559. The van der Waals surface area contributed by atoms with Gasteiger partial charge in [0.1, 0.15) is 0 Å². The average molecular weight is 239 g/mol. The van der Waals surface area contributed by atoms with Crippen LogP contribution in [-0.4, -0.2) is 8.42 Å². The number of rotatable bonds is 2. The van der Waals surface area contributed by atoms with Crippen LogP contribution in [0.4, 0.5) is 0 Å². The highest BCUT2D eigenvalue weighted by Gasteiger charge is 2.08. The first-order valence-corrected chi connectivity index (χ1v) is 6.67. The fourth-order valence-electron chi connectivity index (χ4n) is 1.27. The Morgan fingerprint density at radius 2 is 1.93 bits per heavy atom. The summed E-state index contributed by atoms with van der Waals surface area (Å²) in [6.07, 6.45) is 0. The molecule has 0 bridgehead atoms. The third kappa shape index (κ3) is 2.26. The first kappa shape index (κ1) is 10.4. The topological polar surface area (TPSA) is 60.2 Å². The maximum absolute atomic E-state index is 11.1. The van der Waals surface area contributed by atoms with Crippen LogP contribution in [0.5, 0.6) is 0 Å². The standard InChI is InChI=1S/C10H9NO2S2/c11-15(12,13)9-4-1-3-8(7-9)10-5-2-6-14-10/h1-7H,(H2,11,12,13). The van der Waals surface area contributed by atoms with Gasteiger partial charge in [-0.15, -0.1) is 11.3 Å². The Morgan fingerprint density at radius 3 is 2.53 bits per heavy atom. The zero-order valence-corrected chi connectivity index (χ0v) is 9.38. The molecule has 0 saturated carbocycles. The van der Waals surface area contributed by atoms with E-state index in [0.717, 1.165) is 10.4 Å². The molecule has 0 unspecified atom stereocenters. The van der Waals surface area contributed by atoms with Gasteiger partial charge in [-0.2, -0.15) is 0 Å². The van der Waals surface area contributed by atoms with E-state index in [2.05, 4.69) is 0 Å². The molecule has 1 heterocycles. The number of sulfonamides is 1. The van der Waals surface area contributed by atoms with Gasteiger partial charge in [0.15, 0.2) is 0 Å². The summed E-state index contributed by atoms with van der Waals surface area (Å²) in [5.41, 5.74) is 0.872. The Kier molecular flexibility index (Phi) is 2.60. The van der Waals surface area contributed by atoms with Gasteiger partial charge in [0.2, 0.25) is 10.0 Å². The van der Waals surface area contributed by atoms with Crippen molar-refractivity contribution in [3.8, 4) is 10.4 Å². The molecule has 1 aromatic heterocycles. The lowest BCUT2D eigenvalue weighted by Crippen LogP contribution is -2.11. The average Bonchev–Trinajstić information content (AvgIpc) is 2.69. The van der Waals surface area contributed by atoms with Crippen LogP contribution in [0, 0.1) is 0 Å². The normalized spacial score (nSPS) is 11.5. The highest BCUT2D eigenvalue weighted by Crippen LogP contribution is 2.26.